The molecule has 0 fully saturated rings. The highest BCUT2D eigenvalue weighted by Gasteiger charge is 2.27. The smallest absolute Gasteiger partial charge is 1.00 e. The van der Waals surface area contributed by atoms with E-state index in [-0.39, 0.29) is 19.9 Å². The molecule has 0 saturated carbocycles. The first-order chi connectivity index (χ1) is 8.69. The summed E-state index contributed by atoms with van der Waals surface area (Å²) < 4.78 is 1.13. The largest absolute Gasteiger partial charge is 1.00 e. The number of fused-ring (bicyclic) bond motifs is 3. The average molecular weight is 345 g/mol. The van der Waals surface area contributed by atoms with E-state index in [9.17, 15) is 0 Å². The number of benzene rings is 1. The van der Waals surface area contributed by atoms with Crippen LogP contribution in [0.3, 0.4) is 0 Å². The van der Waals surface area contributed by atoms with Crippen molar-refractivity contribution in [3.8, 4) is 0 Å². The van der Waals surface area contributed by atoms with Gasteiger partial charge in [0.05, 0.1) is 0 Å². The summed E-state index contributed by atoms with van der Waals surface area (Å²) >= 11 is 3.55. The lowest BCUT2D eigenvalue weighted by atomic mass is 9.83. The highest BCUT2D eigenvalue weighted by Crippen LogP contribution is 2.36. The summed E-state index contributed by atoms with van der Waals surface area (Å²) in [5.74, 6) is 0.635. The van der Waals surface area contributed by atoms with Crippen LogP contribution in [0.4, 0.5) is 0 Å². The summed E-state index contributed by atoms with van der Waals surface area (Å²) in [5.41, 5.74) is 10.1. The van der Waals surface area contributed by atoms with Crippen molar-refractivity contribution in [2.45, 2.75) is 18.9 Å². The third-order valence-electron chi connectivity index (χ3n) is 3.84. The maximum atomic E-state index is 6.30. The Bertz CT molecular complexity index is 587. The van der Waals surface area contributed by atoms with E-state index in [1.807, 2.05) is 7.05 Å². The van der Waals surface area contributed by atoms with Gasteiger partial charge in [-0.1, -0.05) is 15.9 Å². The molecule has 0 amide bonds. The molecule has 0 radical (unpaired) electrons. The molecule has 1 aromatic carbocycles. The molecule has 2 atom stereocenters. The third-order valence-corrected chi connectivity index (χ3v) is 4.34. The van der Waals surface area contributed by atoms with Gasteiger partial charge in [0, 0.05) is 27.1 Å². The summed E-state index contributed by atoms with van der Waals surface area (Å²) in [4.78, 5) is 3.49. The quantitative estimate of drug-likeness (QED) is 0.708. The molecule has 1 aliphatic rings. The monoisotopic (exact) mass is 343 g/mol. The molecular weight excluding hydrogens is 326 g/mol. The first kappa shape index (κ1) is 14.9. The molecule has 19 heavy (non-hydrogen) atoms. The number of aromatic nitrogens is 1. The van der Waals surface area contributed by atoms with Gasteiger partial charge in [-0.05, 0) is 56.1 Å². The number of nitrogens with one attached hydrogen (secondary N) is 2. The zero-order valence-corrected chi connectivity index (χ0v) is 13.2. The van der Waals surface area contributed by atoms with Gasteiger partial charge in [0.15, 0.2) is 0 Å². The van der Waals surface area contributed by atoms with Crippen molar-refractivity contribution >= 4 is 26.8 Å². The number of H-pyrrole nitrogens is 1. The topological polar surface area (TPSA) is 53.8 Å². The van der Waals surface area contributed by atoms with Crippen molar-refractivity contribution in [1.29, 1.82) is 0 Å². The van der Waals surface area contributed by atoms with Crippen molar-refractivity contribution in [2.75, 3.05) is 13.6 Å². The predicted octanol–water partition coefficient (Wildman–Crippen LogP) is -0.171. The molecule has 3 rings (SSSR count). The summed E-state index contributed by atoms with van der Waals surface area (Å²) in [6.07, 6.45) is 2.17. The molecule has 0 spiro atoms. The van der Waals surface area contributed by atoms with Crippen molar-refractivity contribution in [3.05, 3.63) is 33.9 Å². The average Bonchev–Trinajstić information content (AvgIpc) is 2.69. The van der Waals surface area contributed by atoms with Gasteiger partial charge in [-0.3, -0.25) is 0 Å². The van der Waals surface area contributed by atoms with E-state index < -0.39 is 0 Å². The van der Waals surface area contributed by atoms with Crippen LogP contribution in [-0.4, -0.2) is 18.6 Å². The van der Waals surface area contributed by atoms with Gasteiger partial charge in [0.2, 0.25) is 0 Å². The van der Waals surface area contributed by atoms with Crippen LogP contribution in [0.25, 0.3) is 10.9 Å². The Morgan fingerprint density at radius 2 is 2.32 bits per heavy atom. The number of hydrogen-bond acceptors (Lipinski definition) is 2. The SMILES string of the molecule is CNCC1Cc2c([nH]c3ccc(Br)cc23)C(N)C1.[Cl-].[H+]. The molecule has 1 heterocycles. The van der Waals surface area contributed by atoms with Gasteiger partial charge in [-0.15, -0.1) is 0 Å². The van der Waals surface area contributed by atoms with Crippen LogP contribution in [-0.2, 0) is 6.42 Å². The molecule has 1 aliphatic carbocycles. The molecular formula is C14H19BrClN3. The Kier molecular flexibility index (Phi) is 4.56. The minimum absolute atomic E-state index is 0. The highest BCUT2D eigenvalue weighted by molar-refractivity contribution is 9.10. The van der Waals surface area contributed by atoms with Crippen LogP contribution < -0.4 is 23.5 Å². The number of hydrogen-bond donors (Lipinski definition) is 3. The minimum Gasteiger partial charge on any atom is -1.00 e. The van der Waals surface area contributed by atoms with Crippen molar-refractivity contribution in [2.24, 2.45) is 11.7 Å². The zero-order valence-electron chi connectivity index (χ0n) is 11.8. The second kappa shape index (κ2) is 5.83. The molecule has 0 aliphatic heterocycles. The van der Waals surface area contributed by atoms with E-state index in [4.69, 9.17) is 5.73 Å². The van der Waals surface area contributed by atoms with E-state index >= 15 is 0 Å². The molecule has 104 valence electrons. The fourth-order valence-electron chi connectivity index (χ4n) is 3.07. The fraction of sp³-hybridized carbons (Fsp3) is 0.429. The molecule has 0 bridgehead atoms. The summed E-state index contributed by atoms with van der Waals surface area (Å²) in [7, 11) is 2.01. The minimum atomic E-state index is 0. The molecule has 0 saturated heterocycles. The Morgan fingerprint density at radius 1 is 1.53 bits per heavy atom. The molecule has 2 unspecified atom stereocenters. The lowest BCUT2D eigenvalue weighted by molar-refractivity contribution is -0.00000377. The maximum absolute atomic E-state index is 6.30. The van der Waals surface area contributed by atoms with Crippen LogP contribution in [0, 0.1) is 5.92 Å². The second-order valence-electron chi connectivity index (χ2n) is 5.18. The lowest BCUT2D eigenvalue weighted by Gasteiger charge is -2.27. The van der Waals surface area contributed by atoms with Gasteiger partial charge in [0.1, 0.15) is 0 Å². The second-order valence-corrected chi connectivity index (χ2v) is 6.09. The Morgan fingerprint density at radius 3 is 3.05 bits per heavy atom. The molecule has 5 heteroatoms. The Balaban J connectivity index is 0.000001000. The first-order valence-corrected chi connectivity index (χ1v) is 7.18. The molecule has 4 N–H and O–H groups in total. The van der Waals surface area contributed by atoms with Crippen LogP contribution in [0.1, 0.15) is 25.1 Å². The van der Waals surface area contributed by atoms with Crippen LogP contribution in [0.15, 0.2) is 22.7 Å². The summed E-state index contributed by atoms with van der Waals surface area (Å²) in [6.45, 7) is 1.04. The summed E-state index contributed by atoms with van der Waals surface area (Å²) in [5, 5.41) is 4.58. The van der Waals surface area contributed by atoms with Gasteiger partial charge in [-0.2, -0.15) is 0 Å². The van der Waals surface area contributed by atoms with Crippen LogP contribution in [0.5, 0.6) is 0 Å². The maximum Gasteiger partial charge on any atom is 1.00 e. The highest BCUT2D eigenvalue weighted by atomic mass is 79.9. The number of rotatable bonds is 2. The summed E-state index contributed by atoms with van der Waals surface area (Å²) in [6, 6.07) is 6.52. The zero-order chi connectivity index (χ0) is 12.7. The third kappa shape index (κ3) is 2.68. The molecule has 1 aromatic heterocycles. The van der Waals surface area contributed by atoms with Crippen molar-refractivity contribution < 1.29 is 13.8 Å². The molecule has 2 aromatic rings. The van der Waals surface area contributed by atoms with Gasteiger partial charge >= 0.3 is 1.43 Å². The van der Waals surface area contributed by atoms with E-state index in [1.165, 1.54) is 22.2 Å². The fourth-order valence-corrected chi connectivity index (χ4v) is 3.43. The van der Waals surface area contributed by atoms with E-state index in [0.29, 0.717) is 5.92 Å². The van der Waals surface area contributed by atoms with E-state index in [2.05, 4.69) is 44.4 Å². The Labute approximate surface area is 129 Å². The standard InChI is InChI=1S/C14H18BrN3.ClH/c1-17-7-8-4-11-10-6-9(15)2-3-13(10)18-14(11)12(16)5-8;/h2-3,6,8,12,17-18H,4-5,7,16H2,1H3;1H. The van der Waals surface area contributed by atoms with Gasteiger partial charge in [0.25, 0.3) is 0 Å². The number of aromatic amines is 1. The number of halogens is 2. The number of nitrogens with two attached hydrogens (primary N) is 1. The normalized spacial score (nSPS) is 22.1. The van der Waals surface area contributed by atoms with Crippen LogP contribution in [0.2, 0.25) is 0 Å². The van der Waals surface area contributed by atoms with Crippen molar-refractivity contribution in [1.82, 2.24) is 10.3 Å². The van der Waals surface area contributed by atoms with Crippen molar-refractivity contribution in [3.63, 3.8) is 0 Å². The van der Waals surface area contributed by atoms with Gasteiger partial charge in [-0.25, -0.2) is 0 Å². The Hall–Kier alpha value is -0.550. The van der Waals surface area contributed by atoms with E-state index in [0.717, 1.165) is 23.9 Å². The van der Waals surface area contributed by atoms with E-state index in [1.54, 1.807) is 0 Å². The first-order valence-electron chi connectivity index (χ1n) is 6.39. The lowest BCUT2D eigenvalue weighted by Crippen LogP contribution is -3.00. The molecule has 3 nitrogen and oxygen atoms in total. The van der Waals surface area contributed by atoms with Crippen LogP contribution >= 0.6 is 15.9 Å². The predicted molar refractivity (Wildman–Crippen MR) is 79.8 cm³/mol. The van der Waals surface area contributed by atoms with Gasteiger partial charge < -0.3 is 28.4 Å².